The van der Waals surface area contributed by atoms with Crippen LogP contribution in [0, 0.1) is 0 Å². The van der Waals surface area contributed by atoms with Crippen LogP contribution in [0.3, 0.4) is 0 Å². The molecule has 1 N–H and O–H groups in total. The van der Waals surface area contributed by atoms with E-state index in [1.54, 1.807) is 0 Å². The Balaban J connectivity index is 2.65. The van der Waals surface area contributed by atoms with Crippen molar-refractivity contribution in [2.24, 2.45) is 0 Å². The Hall–Kier alpha value is 0.01000. The van der Waals surface area contributed by atoms with Crippen molar-refractivity contribution in [1.82, 2.24) is 5.32 Å². The third kappa shape index (κ3) is 5.45. The van der Waals surface area contributed by atoms with Gasteiger partial charge in [-0.1, -0.05) is 33.8 Å². The van der Waals surface area contributed by atoms with Gasteiger partial charge in [0.05, 0.1) is 0 Å². The summed E-state index contributed by atoms with van der Waals surface area (Å²) in [4.78, 5) is 1.34. The zero-order valence-corrected chi connectivity index (χ0v) is 13.5. The quantitative estimate of drug-likeness (QED) is 0.754. The van der Waals surface area contributed by atoms with Crippen LogP contribution in [0.25, 0.3) is 0 Å². The predicted octanol–water partition coefficient (Wildman–Crippen LogP) is 4.84. The molecule has 0 saturated heterocycles. The molecule has 1 rings (SSSR count). The number of hydrogen-bond donors (Lipinski definition) is 1. The maximum atomic E-state index is 3.66. The molecule has 96 valence electrons. The predicted molar refractivity (Wildman–Crippen MR) is 81.7 cm³/mol. The molecule has 0 saturated carbocycles. The summed E-state index contributed by atoms with van der Waals surface area (Å²) in [5.74, 6) is 0. The second-order valence-corrected chi connectivity index (χ2v) is 6.97. The van der Waals surface area contributed by atoms with Gasteiger partial charge >= 0.3 is 0 Å². The topological polar surface area (TPSA) is 12.0 Å². The van der Waals surface area contributed by atoms with Crippen LogP contribution >= 0.6 is 27.7 Å². The first-order valence-corrected chi connectivity index (χ1v) is 7.88. The highest BCUT2D eigenvalue weighted by atomic mass is 79.9. The minimum absolute atomic E-state index is 0.531. The van der Waals surface area contributed by atoms with Crippen molar-refractivity contribution in [1.29, 1.82) is 0 Å². The summed E-state index contributed by atoms with van der Waals surface area (Å²) >= 11 is 5.60. The van der Waals surface area contributed by atoms with E-state index in [1.165, 1.54) is 21.4 Å². The molecule has 1 nitrogen and oxygen atoms in total. The van der Waals surface area contributed by atoms with E-state index in [-0.39, 0.29) is 0 Å². The Morgan fingerprint density at radius 2 is 2.00 bits per heavy atom. The van der Waals surface area contributed by atoms with Crippen LogP contribution in [0.4, 0.5) is 0 Å². The van der Waals surface area contributed by atoms with E-state index in [1.807, 2.05) is 11.8 Å². The molecule has 0 spiro atoms. The summed E-state index contributed by atoms with van der Waals surface area (Å²) < 4.78 is 1.21. The second-order valence-electron chi connectivity index (χ2n) is 4.64. The van der Waals surface area contributed by atoms with E-state index in [0.29, 0.717) is 11.3 Å². The lowest BCUT2D eigenvalue weighted by atomic mass is 10.2. The van der Waals surface area contributed by atoms with Gasteiger partial charge in [-0.25, -0.2) is 0 Å². The molecular weight excluding hydrogens is 294 g/mol. The van der Waals surface area contributed by atoms with Crippen molar-refractivity contribution in [3.05, 3.63) is 28.2 Å². The molecule has 1 atom stereocenters. The van der Waals surface area contributed by atoms with Gasteiger partial charge in [0.2, 0.25) is 0 Å². The Morgan fingerprint density at radius 3 is 2.53 bits per heavy atom. The molecule has 17 heavy (non-hydrogen) atoms. The Kier molecular flexibility index (Phi) is 6.60. The fourth-order valence-corrected chi connectivity index (χ4v) is 3.00. The molecule has 1 unspecified atom stereocenters. The van der Waals surface area contributed by atoms with Gasteiger partial charge in [-0.15, -0.1) is 11.8 Å². The summed E-state index contributed by atoms with van der Waals surface area (Å²) in [6.07, 6.45) is 1.20. The molecule has 0 aromatic heterocycles. The van der Waals surface area contributed by atoms with Gasteiger partial charge < -0.3 is 5.32 Å². The number of rotatable bonds is 6. The summed E-state index contributed by atoms with van der Waals surface area (Å²) in [6.45, 7) is 9.77. The zero-order chi connectivity index (χ0) is 12.8. The zero-order valence-electron chi connectivity index (χ0n) is 11.1. The van der Waals surface area contributed by atoms with Crippen molar-refractivity contribution in [3.63, 3.8) is 0 Å². The number of thioether (sulfide) groups is 1. The van der Waals surface area contributed by atoms with Gasteiger partial charge in [-0.2, -0.15) is 0 Å². The molecule has 0 aliphatic rings. The van der Waals surface area contributed by atoms with Crippen LogP contribution in [0.5, 0.6) is 0 Å². The normalized spacial score (nSPS) is 13.1. The molecule has 0 fully saturated rings. The number of nitrogens with one attached hydrogen (secondary N) is 1. The van der Waals surface area contributed by atoms with Crippen molar-refractivity contribution in [2.75, 3.05) is 0 Å². The molecule has 0 aliphatic carbocycles. The molecule has 0 bridgehead atoms. The van der Waals surface area contributed by atoms with Crippen LogP contribution < -0.4 is 5.32 Å². The molecule has 0 amide bonds. The van der Waals surface area contributed by atoms with E-state index in [9.17, 15) is 0 Å². The van der Waals surface area contributed by atoms with Crippen molar-refractivity contribution >= 4 is 27.7 Å². The Labute approximate surface area is 118 Å². The second kappa shape index (κ2) is 7.45. The van der Waals surface area contributed by atoms with E-state index in [4.69, 9.17) is 0 Å². The fraction of sp³-hybridized carbons (Fsp3) is 0.571. The monoisotopic (exact) mass is 315 g/mol. The number of halogens is 1. The van der Waals surface area contributed by atoms with E-state index < -0.39 is 0 Å². The summed E-state index contributed by atoms with van der Waals surface area (Å²) in [5, 5.41) is 4.10. The summed E-state index contributed by atoms with van der Waals surface area (Å²) in [5.41, 5.74) is 1.33. The third-order valence-electron chi connectivity index (χ3n) is 2.61. The Morgan fingerprint density at radius 1 is 1.29 bits per heavy atom. The van der Waals surface area contributed by atoms with Crippen LogP contribution in [0.1, 0.15) is 39.7 Å². The SMILES string of the molecule is CCC(C)Sc1ccc(CNC(C)C)cc1Br. The summed E-state index contributed by atoms with van der Waals surface area (Å²) in [6, 6.07) is 7.19. The lowest BCUT2D eigenvalue weighted by Gasteiger charge is -2.12. The Bertz CT molecular complexity index is 352. The average Bonchev–Trinajstić information content (AvgIpc) is 2.29. The highest BCUT2D eigenvalue weighted by molar-refractivity contribution is 9.10. The standard InChI is InChI=1S/C14H22BrNS/c1-5-11(4)17-14-7-6-12(8-13(14)15)9-16-10(2)3/h6-8,10-11,16H,5,9H2,1-4H3. The molecular formula is C14H22BrNS. The van der Waals surface area contributed by atoms with Crippen molar-refractivity contribution < 1.29 is 0 Å². The molecule has 0 heterocycles. The van der Waals surface area contributed by atoms with Gasteiger partial charge in [0.15, 0.2) is 0 Å². The van der Waals surface area contributed by atoms with Gasteiger partial charge in [0, 0.05) is 27.2 Å². The van der Waals surface area contributed by atoms with Gasteiger partial charge in [-0.05, 0) is 40.0 Å². The summed E-state index contributed by atoms with van der Waals surface area (Å²) in [7, 11) is 0. The van der Waals surface area contributed by atoms with Crippen LogP contribution in [-0.4, -0.2) is 11.3 Å². The first-order chi connectivity index (χ1) is 8.02. The molecule has 1 aromatic rings. The van der Waals surface area contributed by atoms with Gasteiger partial charge in [0.25, 0.3) is 0 Å². The molecule has 0 aliphatic heterocycles. The fourth-order valence-electron chi connectivity index (χ4n) is 1.37. The number of hydrogen-bond acceptors (Lipinski definition) is 2. The largest absolute Gasteiger partial charge is 0.310 e. The molecule has 1 aromatic carbocycles. The van der Waals surface area contributed by atoms with E-state index in [0.717, 1.165) is 6.54 Å². The van der Waals surface area contributed by atoms with Crippen LogP contribution in [0.15, 0.2) is 27.6 Å². The minimum Gasteiger partial charge on any atom is -0.310 e. The highest BCUT2D eigenvalue weighted by Crippen LogP contribution is 2.32. The van der Waals surface area contributed by atoms with Crippen LogP contribution in [-0.2, 0) is 6.54 Å². The smallest absolute Gasteiger partial charge is 0.0314 e. The van der Waals surface area contributed by atoms with Crippen molar-refractivity contribution in [2.45, 2.75) is 56.8 Å². The maximum absolute atomic E-state index is 3.66. The first-order valence-electron chi connectivity index (χ1n) is 6.21. The van der Waals surface area contributed by atoms with Crippen LogP contribution in [0.2, 0.25) is 0 Å². The third-order valence-corrected chi connectivity index (χ3v) is 4.88. The lowest BCUT2D eigenvalue weighted by Crippen LogP contribution is -2.21. The first kappa shape index (κ1) is 15.1. The lowest BCUT2D eigenvalue weighted by molar-refractivity contribution is 0.588. The van der Waals surface area contributed by atoms with E-state index >= 15 is 0 Å². The highest BCUT2D eigenvalue weighted by Gasteiger charge is 2.06. The van der Waals surface area contributed by atoms with Gasteiger partial charge in [0.1, 0.15) is 0 Å². The van der Waals surface area contributed by atoms with Gasteiger partial charge in [-0.3, -0.25) is 0 Å². The minimum atomic E-state index is 0.531. The molecule has 0 radical (unpaired) electrons. The average molecular weight is 316 g/mol. The van der Waals surface area contributed by atoms with Crippen molar-refractivity contribution in [3.8, 4) is 0 Å². The molecule has 3 heteroatoms. The van der Waals surface area contributed by atoms with E-state index in [2.05, 4.69) is 67.1 Å². The number of benzene rings is 1. The maximum Gasteiger partial charge on any atom is 0.0314 e.